The van der Waals surface area contributed by atoms with Crippen LogP contribution < -0.4 is 4.90 Å². The summed E-state index contributed by atoms with van der Waals surface area (Å²) in [5.74, 6) is -2.17. The van der Waals surface area contributed by atoms with Crippen molar-refractivity contribution in [3.8, 4) is 11.1 Å². The van der Waals surface area contributed by atoms with Gasteiger partial charge in [-0.1, -0.05) is 66.2 Å². The van der Waals surface area contributed by atoms with Gasteiger partial charge in [0, 0.05) is 10.6 Å². The Morgan fingerprint density at radius 3 is 2.00 bits per heavy atom. The van der Waals surface area contributed by atoms with Gasteiger partial charge in [0.25, 0.3) is 11.8 Å². The first-order chi connectivity index (χ1) is 17.4. The third kappa shape index (κ3) is 4.42. The molecule has 2 amide bonds. The minimum atomic E-state index is -0.766. The lowest BCUT2D eigenvalue weighted by atomic mass is 10.0. The van der Waals surface area contributed by atoms with E-state index in [9.17, 15) is 19.2 Å². The largest absolute Gasteiger partial charge is 0.454 e. The van der Waals surface area contributed by atoms with Gasteiger partial charge in [0.15, 0.2) is 12.4 Å². The second-order valence-corrected chi connectivity index (χ2v) is 8.56. The maximum Gasteiger partial charge on any atom is 0.338 e. The van der Waals surface area contributed by atoms with E-state index in [1.165, 1.54) is 18.2 Å². The molecule has 5 rings (SSSR count). The summed E-state index contributed by atoms with van der Waals surface area (Å²) < 4.78 is 5.19. The van der Waals surface area contributed by atoms with Gasteiger partial charge in [-0.05, 0) is 53.6 Å². The average molecular weight is 496 g/mol. The normalized spacial score (nSPS) is 12.4. The maximum absolute atomic E-state index is 12.9. The molecule has 0 aliphatic carbocycles. The molecule has 176 valence electrons. The van der Waals surface area contributed by atoms with E-state index in [1.807, 2.05) is 42.5 Å². The molecule has 0 atom stereocenters. The van der Waals surface area contributed by atoms with Gasteiger partial charge in [-0.25, -0.2) is 9.69 Å². The van der Waals surface area contributed by atoms with Crippen LogP contribution in [-0.4, -0.2) is 30.2 Å². The molecule has 0 saturated carbocycles. The third-order valence-electron chi connectivity index (χ3n) is 5.86. The number of esters is 1. The Hall–Kier alpha value is -4.55. The fraction of sp³-hybridized carbons (Fsp3) is 0.0345. The number of halogens is 1. The number of Topliss-reactive ketones (excluding diaryl/α,β-unsaturated/α-hetero) is 1. The van der Waals surface area contributed by atoms with Gasteiger partial charge in [0.05, 0.1) is 22.4 Å². The molecule has 0 saturated heterocycles. The molecular formula is C29H18ClNO5. The van der Waals surface area contributed by atoms with Gasteiger partial charge in [0.2, 0.25) is 0 Å². The third-order valence-corrected chi connectivity index (χ3v) is 6.11. The molecule has 4 aromatic carbocycles. The highest BCUT2D eigenvalue weighted by Gasteiger charge is 2.37. The number of carbonyl (C=O) groups is 4. The summed E-state index contributed by atoms with van der Waals surface area (Å²) in [6.45, 7) is -0.454. The van der Waals surface area contributed by atoms with E-state index in [2.05, 4.69) is 0 Å². The summed E-state index contributed by atoms with van der Waals surface area (Å²) >= 11 is 5.90. The van der Waals surface area contributed by atoms with Crippen LogP contribution in [0.5, 0.6) is 0 Å². The van der Waals surface area contributed by atoms with Crippen LogP contribution in [0, 0.1) is 0 Å². The van der Waals surface area contributed by atoms with Crippen molar-refractivity contribution in [2.45, 2.75) is 0 Å². The number of carbonyl (C=O) groups excluding carboxylic acids is 4. The van der Waals surface area contributed by atoms with E-state index in [-0.39, 0.29) is 22.5 Å². The number of fused-ring (bicyclic) bond motifs is 1. The molecule has 0 spiro atoms. The number of ketones is 1. The zero-order valence-electron chi connectivity index (χ0n) is 18.8. The van der Waals surface area contributed by atoms with E-state index >= 15 is 0 Å². The summed E-state index contributed by atoms with van der Waals surface area (Å²) in [5, 5.41) is 0.474. The smallest absolute Gasteiger partial charge is 0.338 e. The van der Waals surface area contributed by atoms with Crippen LogP contribution in [0.15, 0.2) is 97.1 Å². The lowest BCUT2D eigenvalue weighted by Crippen LogP contribution is -2.29. The van der Waals surface area contributed by atoms with E-state index in [1.54, 1.807) is 36.4 Å². The standard InChI is InChI=1S/C29H18ClNO5/c30-22-11-13-23(14-12-22)31-27(33)24-15-10-21(16-25(24)28(31)34)29(35)36-17-26(32)20-8-6-19(7-9-20)18-4-2-1-3-5-18/h1-16H,17H2. The van der Waals surface area contributed by atoms with E-state index in [4.69, 9.17) is 16.3 Å². The number of rotatable bonds is 6. The van der Waals surface area contributed by atoms with Crippen molar-refractivity contribution in [2.75, 3.05) is 11.5 Å². The van der Waals surface area contributed by atoms with E-state index in [0.29, 0.717) is 16.3 Å². The van der Waals surface area contributed by atoms with Gasteiger partial charge in [-0.15, -0.1) is 0 Å². The lowest BCUT2D eigenvalue weighted by Gasteiger charge is -2.13. The van der Waals surface area contributed by atoms with Crippen molar-refractivity contribution >= 4 is 40.9 Å². The molecule has 0 aromatic heterocycles. The predicted molar refractivity (Wildman–Crippen MR) is 136 cm³/mol. The summed E-state index contributed by atoms with van der Waals surface area (Å²) in [6, 6.07) is 27.2. The van der Waals surface area contributed by atoms with Crippen molar-refractivity contribution in [2.24, 2.45) is 0 Å². The Balaban J connectivity index is 1.26. The van der Waals surface area contributed by atoms with E-state index in [0.717, 1.165) is 16.0 Å². The van der Waals surface area contributed by atoms with Crippen LogP contribution in [0.2, 0.25) is 5.02 Å². The predicted octanol–water partition coefficient (Wildman–Crippen LogP) is 5.85. The van der Waals surface area contributed by atoms with Crippen molar-refractivity contribution in [1.82, 2.24) is 0 Å². The van der Waals surface area contributed by atoms with Crippen molar-refractivity contribution < 1.29 is 23.9 Å². The van der Waals surface area contributed by atoms with Crippen LogP contribution in [0.1, 0.15) is 41.4 Å². The Labute approximate surface area is 211 Å². The molecular weight excluding hydrogens is 478 g/mol. The van der Waals surface area contributed by atoms with Crippen LogP contribution in [0.3, 0.4) is 0 Å². The van der Waals surface area contributed by atoms with E-state index < -0.39 is 24.4 Å². The molecule has 1 aliphatic heterocycles. The van der Waals surface area contributed by atoms with Crippen molar-refractivity contribution in [3.05, 3.63) is 124 Å². The first kappa shape index (κ1) is 23.2. The summed E-state index contributed by atoms with van der Waals surface area (Å²) in [4.78, 5) is 51.9. The Morgan fingerprint density at radius 2 is 1.31 bits per heavy atom. The minimum absolute atomic E-state index is 0.0695. The molecule has 36 heavy (non-hydrogen) atoms. The molecule has 0 fully saturated rings. The quantitative estimate of drug-likeness (QED) is 0.190. The molecule has 0 unspecified atom stereocenters. The Bertz CT molecular complexity index is 1500. The highest BCUT2D eigenvalue weighted by atomic mass is 35.5. The minimum Gasteiger partial charge on any atom is -0.454 e. The van der Waals surface area contributed by atoms with Crippen LogP contribution >= 0.6 is 11.6 Å². The van der Waals surface area contributed by atoms with Crippen LogP contribution in [0.25, 0.3) is 11.1 Å². The van der Waals surface area contributed by atoms with Gasteiger partial charge >= 0.3 is 5.97 Å². The second-order valence-electron chi connectivity index (χ2n) is 8.13. The lowest BCUT2D eigenvalue weighted by molar-refractivity contribution is 0.0474. The first-order valence-corrected chi connectivity index (χ1v) is 11.4. The number of nitrogens with zero attached hydrogens (tertiary/aromatic N) is 1. The Kier molecular flexibility index (Phi) is 6.19. The van der Waals surface area contributed by atoms with Gasteiger partial charge in [0.1, 0.15) is 0 Å². The zero-order valence-corrected chi connectivity index (χ0v) is 19.6. The highest BCUT2D eigenvalue weighted by molar-refractivity contribution is 6.35. The molecule has 6 nitrogen and oxygen atoms in total. The number of benzene rings is 4. The zero-order chi connectivity index (χ0) is 25.2. The summed E-state index contributed by atoms with van der Waals surface area (Å²) in [7, 11) is 0. The van der Waals surface area contributed by atoms with Gasteiger partial charge in [-0.3, -0.25) is 14.4 Å². The maximum atomic E-state index is 12.9. The van der Waals surface area contributed by atoms with Crippen LogP contribution in [-0.2, 0) is 4.74 Å². The average Bonchev–Trinajstić information content (AvgIpc) is 3.17. The fourth-order valence-corrected chi connectivity index (χ4v) is 4.10. The number of amides is 2. The highest BCUT2D eigenvalue weighted by Crippen LogP contribution is 2.30. The second kappa shape index (κ2) is 9.60. The molecule has 1 heterocycles. The number of anilines is 1. The molecule has 0 bridgehead atoms. The SMILES string of the molecule is O=C(COC(=O)c1ccc2c(c1)C(=O)N(c1ccc(Cl)cc1)C2=O)c1ccc(-c2ccccc2)cc1. The molecule has 1 aliphatic rings. The van der Waals surface area contributed by atoms with Crippen molar-refractivity contribution in [3.63, 3.8) is 0 Å². The fourth-order valence-electron chi connectivity index (χ4n) is 3.97. The topological polar surface area (TPSA) is 80.8 Å². The Morgan fingerprint density at radius 1 is 0.694 bits per heavy atom. The molecule has 0 radical (unpaired) electrons. The number of hydrogen-bond donors (Lipinski definition) is 0. The van der Waals surface area contributed by atoms with Gasteiger partial charge in [-0.2, -0.15) is 0 Å². The molecule has 4 aromatic rings. The molecule has 7 heteroatoms. The number of ether oxygens (including phenoxy) is 1. The first-order valence-electron chi connectivity index (χ1n) is 11.1. The number of hydrogen-bond acceptors (Lipinski definition) is 5. The summed E-state index contributed by atoms with van der Waals surface area (Å²) in [6.07, 6.45) is 0. The van der Waals surface area contributed by atoms with Crippen LogP contribution in [0.4, 0.5) is 5.69 Å². The monoisotopic (exact) mass is 495 g/mol. The van der Waals surface area contributed by atoms with Gasteiger partial charge < -0.3 is 4.74 Å². The molecule has 0 N–H and O–H groups in total. The van der Waals surface area contributed by atoms with Crippen molar-refractivity contribution in [1.29, 1.82) is 0 Å². The summed E-state index contributed by atoms with van der Waals surface area (Å²) in [5.41, 5.74) is 3.12. The number of imide groups is 1.